The van der Waals surface area contributed by atoms with Crippen LogP contribution in [0.3, 0.4) is 0 Å². The number of nitrogens with zero attached hydrogens (tertiary/aromatic N) is 2. The van der Waals surface area contributed by atoms with E-state index < -0.39 is 11.2 Å². The van der Waals surface area contributed by atoms with Gasteiger partial charge in [0.05, 0.1) is 6.61 Å². The Morgan fingerprint density at radius 3 is 2.48 bits per heavy atom. The number of hydrogen-bond donors (Lipinski definition) is 2. The molecule has 0 saturated carbocycles. The van der Waals surface area contributed by atoms with Gasteiger partial charge in [0, 0.05) is 26.6 Å². The molecular weight excluding hydrogens is 324 g/mol. The van der Waals surface area contributed by atoms with Crippen LogP contribution in [0.5, 0.6) is 0 Å². The van der Waals surface area contributed by atoms with Crippen LogP contribution in [0.15, 0.2) is 9.59 Å². The summed E-state index contributed by atoms with van der Waals surface area (Å²) in [6.07, 6.45) is 1.85. The number of H-pyrrole nitrogens is 1. The Morgan fingerprint density at radius 1 is 1.32 bits per heavy atom. The average Bonchev–Trinajstić information content (AvgIpc) is 2.48. The lowest BCUT2D eigenvalue weighted by Crippen LogP contribution is -2.43. The lowest BCUT2D eigenvalue weighted by Gasteiger charge is -2.27. The van der Waals surface area contributed by atoms with Gasteiger partial charge >= 0.3 is 5.69 Å². The Balaban J connectivity index is 3.40. The number of hydrogen-bond acceptors (Lipinski definition) is 5. The van der Waals surface area contributed by atoms with Gasteiger partial charge in [-0.15, -0.1) is 0 Å². The summed E-state index contributed by atoms with van der Waals surface area (Å²) in [5.41, 5.74) is 4.66. The van der Waals surface area contributed by atoms with Crippen LogP contribution in [0.2, 0.25) is 0 Å². The van der Waals surface area contributed by atoms with Gasteiger partial charge in [-0.3, -0.25) is 19.1 Å². The number of methoxy groups -OCH3 is 1. The Bertz CT molecular complexity index is 700. The molecule has 8 heteroatoms. The van der Waals surface area contributed by atoms with Crippen molar-refractivity contribution >= 4 is 17.4 Å². The smallest absolute Gasteiger partial charge is 0.330 e. The van der Waals surface area contributed by atoms with Crippen molar-refractivity contribution in [2.75, 3.05) is 30.9 Å². The summed E-state index contributed by atoms with van der Waals surface area (Å²) in [5, 5.41) is 0. The summed E-state index contributed by atoms with van der Waals surface area (Å²) in [7, 11) is 1.52. The zero-order chi connectivity index (χ0) is 19.2. The lowest BCUT2D eigenvalue weighted by atomic mass is 9.91. The number of anilines is 2. The first-order chi connectivity index (χ1) is 11.6. The van der Waals surface area contributed by atoms with Crippen molar-refractivity contribution < 1.29 is 9.53 Å². The Labute approximate surface area is 148 Å². The molecule has 1 rings (SSSR count). The van der Waals surface area contributed by atoms with Gasteiger partial charge in [0.15, 0.2) is 5.69 Å². The predicted molar refractivity (Wildman–Crippen MR) is 98.9 cm³/mol. The zero-order valence-corrected chi connectivity index (χ0v) is 15.8. The molecule has 0 saturated heterocycles. The zero-order valence-electron chi connectivity index (χ0n) is 15.8. The van der Waals surface area contributed by atoms with Gasteiger partial charge in [0.1, 0.15) is 5.82 Å². The maximum absolute atomic E-state index is 12.8. The minimum Gasteiger partial charge on any atom is -0.383 e. The van der Waals surface area contributed by atoms with Crippen LogP contribution in [0, 0.1) is 5.41 Å². The second-order valence-corrected chi connectivity index (χ2v) is 7.27. The van der Waals surface area contributed by atoms with E-state index in [-0.39, 0.29) is 42.4 Å². The predicted octanol–water partition coefficient (Wildman–Crippen LogP) is 1.33. The molecule has 1 heterocycles. The number of carbonyl (C=O) groups excluding carboxylic acids is 1. The van der Waals surface area contributed by atoms with Crippen molar-refractivity contribution in [3.8, 4) is 0 Å². The van der Waals surface area contributed by atoms with Crippen LogP contribution in [0.25, 0.3) is 0 Å². The number of unbranched alkanes of at least 4 members (excludes halogenated alkanes) is 1. The van der Waals surface area contributed by atoms with Gasteiger partial charge in [-0.25, -0.2) is 4.79 Å². The Morgan fingerprint density at radius 2 is 1.96 bits per heavy atom. The molecule has 0 fully saturated rings. The fourth-order valence-corrected chi connectivity index (χ4v) is 2.47. The van der Waals surface area contributed by atoms with E-state index in [0.29, 0.717) is 6.54 Å². The van der Waals surface area contributed by atoms with Crippen molar-refractivity contribution in [2.45, 2.75) is 53.5 Å². The number of nitrogens with two attached hydrogens (primary N) is 1. The minimum atomic E-state index is -0.659. The number of nitrogen functional groups attached to an aromatic ring is 1. The number of rotatable bonds is 8. The number of carbonyl (C=O) groups is 1. The number of aromatic nitrogens is 2. The normalized spacial score (nSPS) is 11.6. The molecule has 0 aromatic carbocycles. The lowest BCUT2D eigenvalue weighted by molar-refractivity contribution is -0.120. The number of nitrogens with one attached hydrogen (secondary N) is 1. The molecule has 0 atom stereocenters. The van der Waals surface area contributed by atoms with Gasteiger partial charge in [0.2, 0.25) is 5.91 Å². The quantitative estimate of drug-likeness (QED) is 0.732. The Kier molecular flexibility index (Phi) is 7.41. The molecule has 0 aliphatic carbocycles. The topological polar surface area (TPSA) is 110 Å². The summed E-state index contributed by atoms with van der Waals surface area (Å²) in [5.74, 6) is -0.219. The third kappa shape index (κ3) is 5.74. The van der Waals surface area contributed by atoms with Crippen molar-refractivity contribution in [3.63, 3.8) is 0 Å². The van der Waals surface area contributed by atoms with Crippen LogP contribution < -0.4 is 21.9 Å². The molecule has 1 aromatic heterocycles. The van der Waals surface area contributed by atoms with E-state index in [9.17, 15) is 14.4 Å². The minimum absolute atomic E-state index is 0.0144. The molecule has 0 bridgehead atoms. The second kappa shape index (κ2) is 8.84. The van der Waals surface area contributed by atoms with Crippen LogP contribution in [-0.2, 0) is 16.1 Å². The van der Waals surface area contributed by atoms with E-state index >= 15 is 0 Å². The summed E-state index contributed by atoms with van der Waals surface area (Å²) in [6, 6.07) is 0. The van der Waals surface area contributed by atoms with Gasteiger partial charge < -0.3 is 15.4 Å². The van der Waals surface area contributed by atoms with Crippen LogP contribution in [0.4, 0.5) is 11.5 Å². The first kappa shape index (κ1) is 21.0. The van der Waals surface area contributed by atoms with E-state index in [0.717, 1.165) is 12.8 Å². The average molecular weight is 354 g/mol. The maximum atomic E-state index is 12.8. The molecule has 8 nitrogen and oxygen atoms in total. The molecule has 0 spiro atoms. The highest BCUT2D eigenvalue weighted by Gasteiger charge is 2.27. The van der Waals surface area contributed by atoms with Gasteiger partial charge in [0.25, 0.3) is 5.56 Å². The van der Waals surface area contributed by atoms with Crippen LogP contribution in [-0.4, -0.2) is 35.7 Å². The summed E-state index contributed by atoms with van der Waals surface area (Å²) in [4.78, 5) is 40.8. The van der Waals surface area contributed by atoms with Crippen molar-refractivity contribution in [1.82, 2.24) is 9.55 Å². The molecule has 3 N–H and O–H groups in total. The molecule has 0 aliphatic heterocycles. The highest BCUT2D eigenvalue weighted by molar-refractivity contribution is 5.95. The molecule has 0 radical (unpaired) electrons. The summed E-state index contributed by atoms with van der Waals surface area (Å²) in [6.45, 7) is 8.63. The SMILES string of the molecule is CCCCn1c(N)c(N(CCOC)C(=O)CC(C)(C)C)c(=O)[nH]c1=O. The summed E-state index contributed by atoms with van der Waals surface area (Å²) < 4.78 is 6.37. The van der Waals surface area contributed by atoms with Gasteiger partial charge in [-0.1, -0.05) is 34.1 Å². The van der Waals surface area contributed by atoms with Crippen molar-refractivity contribution in [3.05, 3.63) is 20.8 Å². The second-order valence-electron chi connectivity index (χ2n) is 7.27. The highest BCUT2D eigenvalue weighted by Crippen LogP contribution is 2.24. The molecule has 0 unspecified atom stereocenters. The number of ether oxygens (including phenoxy) is 1. The third-order valence-electron chi connectivity index (χ3n) is 3.72. The maximum Gasteiger partial charge on any atom is 0.330 e. The fraction of sp³-hybridized carbons (Fsp3) is 0.706. The first-order valence-electron chi connectivity index (χ1n) is 8.54. The standard InChI is InChI=1S/C17H30N4O4/c1-6-7-8-21-14(18)13(15(23)19-16(21)24)20(9-10-25-5)12(22)11-17(2,3)4/h6-11,18H2,1-5H3,(H,19,23,24). The monoisotopic (exact) mass is 354 g/mol. The molecular formula is C17H30N4O4. The first-order valence-corrected chi connectivity index (χ1v) is 8.54. The van der Waals surface area contributed by atoms with Gasteiger partial charge in [-0.05, 0) is 11.8 Å². The van der Waals surface area contributed by atoms with Crippen molar-refractivity contribution in [2.24, 2.45) is 5.41 Å². The molecule has 0 aliphatic rings. The van der Waals surface area contributed by atoms with E-state index in [2.05, 4.69) is 4.98 Å². The largest absolute Gasteiger partial charge is 0.383 e. The highest BCUT2D eigenvalue weighted by atomic mass is 16.5. The third-order valence-corrected chi connectivity index (χ3v) is 3.72. The fourth-order valence-electron chi connectivity index (χ4n) is 2.47. The summed E-state index contributed by atoms with van der Waals surface area (Å²) >= 11 is 0. The van der Waals surface area contributed by atoms with E-state index in [1.807, 2.05) is 27.7 Å². The van der Waals surface area contributed by atoms with Gasteiger partial charge in [-0.2, -0.15) is 0 Å². The van der Waals surface area contributed by atoms with E-state index in [4.69, 9.17) is 10.5 Å². The molecule has 1 amide bonds. The van der Waals surface area contributed by atoms with Crippen LogP contribution in [0.1, 0.15) is 47.0 Å². The Hall–Kier alpha value is -2.09. The van der Waals surface area contributed by atoms with E-state index in [1.54, 1.807) is 0 Å². The molecule has 1 aromatic rings. The van der Waals surface area contributed by atoms with E-state index in [1.165, 1.54) is 16.6 Å². The molecule has 25 heavy (non-hydrogen) atoms. The van der Waals surface area contributed by atoms with Crippen LogP contribution >= 0.6 is 0 Å². The van der Waals surface area contributed by atoms with Crippen molar-refractivity contribution in [1.29, 1.82) is 0 Å². The molecule has 142 valence electrons. The number of aromatic amines is 1. The number of amides is 1.